The Morgan fingerprint density at radius 3 is 2.70 bits per heavy atom. The number of hydrogen-bond acceptors (Lipinski definition) is 2. The van der Waals surface area contributed by atoms with Gasteiger partial charge in [0.25, 0.3) is 0 Å². The van der Waals surface area contributed by atoms with E-state index >= 15 is 0 Å². The fourth-order valence-corrected chi connectivity index (χ4v) is 3.83. The lowest BCUT2D eigenvalue weighted by atomic mass is 9.85. The topological polar surface area (TPSA) is 21.3 Å². The van der Waals surface area contributed by atoms with Gasteiger partial charge < -0.3 is 10.1 Å². The van der Waals surface area contributed by atoms with E-state index in [0.29, 0.717) is 12.0 Å². The average molecular weight is 340 g/mol. The first-order valence-corrected chi connectivity index (χ1v) is 8.45. The second-order valence-electron chi connectivity index (χ2n) is 5.95. The molecule has 1 aromatic rings. The van der Waals surface area contributed by atoms with Crippen LogP contribution in [0.4, 0.5) is 0 Å². The maximum Gasteiger partial charge on any atom is 0.123 e. The third kappa shape index (κ3) is 3.20. The SMILES string of the molecule is CCNC(c1cc(Br)c(C)cc1OC)C1CCCC1C. The summed E-state index contributed by atoms with van der Waals surface area (Å²) in [5.41, 5.74) is 2.52. The first-order valence-electron chi connectivity index (χ1n) is 7.65. The monoisotopic (exact) mass is 339 g/mol. The van der Waals surface area contributed by atoms with Crippen LogP contribution in [-0.2, 0) is 0 Å². The second kappa shape index (κ2) is 6.95. The molecule has 3 heteroatoms. The summed E-state index contributed by atoms with van der Waals surface area (Å²) >= 11 is 3.67. The van der Waals surface area contributed by atoms with Crippen molar-refractivity contribution in [2.24, 2.45) is 11.8 Å². The van der Waals surface area contributed by atoms with Crippen LogP contribution in [0.1, 0.15) is 50.3 Å². The van der Waals surface area contributed by atoms with Gasteiger partial charge in [0, 0.05) is 16.1 Å². The fourth-order valence-electron chi connectivity index (χ4n) is 3.47. The Kier molecular flexibility index (Phi) is 5.50. The summed E-state index contributed by atoms with van der Waals surface area (Å²) in [6, 6.07) is 4.78. The molecular formula is C17H26BrNO. The minimum atomic E-state index is 0.393. The molecule has 2 nitrogen and oxygen atoms in total. The summed E-state index contributed by atoms with van der Waals surface area (Å²) in [5.74, 6) is 2.50. The molecule has 0 heterocycles. The molecule has 20 heavy (non-hydrogen) atoms. The number of ether oxygens (including phenoxy) is 1. The molecule has 1 aromatic carbocycles. The lowest BCUT2D eigenvalue weighted by molar-refractivity contribution is 0.296. The zero-order valence-electron chi connectivity index (χ0n) is 13.0. The van der Waals surface area contributed by atoms with Crippen molar-refractivity contribution in [1.82, 2.24) is 5.32 Å². The zero-order chi connectivity index (χ0) is 14.7. The van der Waals surface area contributed by atoms with Gasteiger partial charge in [-0.25, -0.2) is 0 Å². The molecule has 3 atom stereocenters. The molecule has 1 saturated carbocycles. The van der Waals surface area contributed by atoms with Crippen molar-refractivity contribution in [2.75, 3.05) is 13.7 Å². The Morgan fingerprint density at radius 1 is 1.40 bits per heavy atom. The molecule has 1 aliphatic carbocycles. The van der Waals surface area contributed by atoms with Gasteiger partial charge in [0.1, 0.15) is 5.75 Å². The zero-order valence-corrected chi connectivity index (χ0v) is 14.6. The van der Waals surface area contributed by atoms with Gasteiger partial charge in [-0.3, -0.25) is 0 Å². The summed E-state index contributed by atoms with van der Waals surface area (Å²) in [4.78, 5) is 0. The molecule has 0 spiro atoms. The van der Waals surface area contributed by atoms with Crippen LogP contribution < -0.4 is 10.1 Å². The van der Waals surface area contributed by atoms with Crippen molar-refractivity contribution in [1.29, 1.82) is 0 Å². The Hall–Kier alpha value is -0.540. The number of halogens is 1. The lowest BCUT2D eigenvalue weighted by Gasteiger charge is -2.30. The predicted octanol–water partition coefficient (Wildman–Crippen LogP) is 4.85. The highest BCUT2D eigenvalue weighted by molar-refractivity contribution is 9.10. The Morgan fingerprint density at radius 2 is 2.15 bits per heavy atom. The van der Waals surface area contributed by atoms with Crippen molar-refractivity contribution in [3.8, 4) is 5.75 Å². The van der Waals surface area contributed by atoms with E-state index in [1.807, 2.05) is 0 Å². The lowest BCUT2D eigenvalue weighted by Crippen LogP contribution is -2.30. The molecular weight excluding hydrogens is 314 g/mol. The van der Waals surface area contributed by atoms with Crippen molar-refractivity contribution in [2.45, 2.75) is 46.1 Å². The number of benzene rings is 1. The number of aryl methyl sites for hydroxylation is 1. The molecule has 2 rings (SSSR count). The van der Waals surface area contributed by atoms with Crippen LogP contribution in [0, 0.1) is 18.8 Å². The van der Waals surface area contributed by atoms with Crippen LogP contribution >= 0.6 is 15.9 Å². The van der Waals surface area contributed by atoms with Crippen molar-refractivity contribution >= 4 is 15.9 Å². The van der Waals surface area contributed by atoms with E-state index in [0.717, 1.165) is 18.2 Å². The molecule has 0 aromatic heterocycles. The molecule has 0 amide bonds. The van der Waals surface area contributed by atoms with Gasteiger partial charge in [-0.2, -0.15) is 0 Å². The van der Waals surface area contributed by atoms with E-state index in [-0.39, 0.29) is 0 Å². The molecule has 1 aliphatic rings. The largest absolute Gasteiger partial charge is 0.496 e. The van der Waals surface area contributed by atoms with Gasteiger partial charge in [-0.1, -0.05) is 42.6 Å². The minimum Gasteiger partial charge on any atom is -0.496 e. The predicted molar refractivity (Wildman–Crippen MR) is 88.4 cm³/mol. The summed E-state index contributed by atoms with van der Waals surface area (Å²) in [7, 11) is 1.77. The van der Waals surface area contributed by atoms with E-state index in [4.69, 9.17) is 4.74 Å². The molecule has 0 aliphatic heterocycles. The smallest absolute Gasteiger partial charge is 0.123 e. The van der Waals surface area contributed by atoms with E-state index in [1.54, 1.807) is 7.11 Å². The van der Waals surface area contributed by atoms with Crippen LogP contribution in [0.5, 0.6) is 5.75 Å². The highest BCUT2D eigenvalue weighted by Crippen LogP contribution is 2.43. The van der Waals surface area contributed by atoms with Gasteiger partial charge in [0.2, 0.25) is 0 Å². The van der Waals surface area contributed by atoms with Crippen molar-refractivity contribution < 1.29 is 4.74 Å². The second-order valence-corrected chi connectivity index (χ2v) is 6.81. The standard InChI is InChI=1S/C17H26BrNO/c1-5-19-17(13-8-6-7-11(13)2)14-10-15(18)12(3)9-16(14)20-4/h9-11,13,17,19H,5-8H2,1-4H3. The van der Waals surface area contributed by atoms with Crippen LogP contribution in [-0.4, -0.2) is 13.7 Å². The van der Waals surface area contributed by atoms with Crippen LogP contribution in [0.2, 0.25) is 0 Å². The van der Waals surface area contributed by atoms with Gasteiger partial charge >= 0.3 is 0 Å². The van der Waals surface area contributed by atoms with Crippen molar-refractivity contribution in [3.05, 3.63) is 27.7 Å². The van der Waals surface area contributed by atoms with Gasteiger partial charge in [-0.15, -0.1) is 0 Å². The van der Waals surface area contributed by atoms with E-state index in [9.17, 15) is 0 Å². The third-order valence-electron chi connectivity index (χ3n) is 4.63. The number of rotatable bonds is 5. The van der Waals surface area contributed by atoms with Crippen molar-refractivity contribution in [3.63, 3.8) is 0 Å². The number of nitrogens with one attached hydrogen (secondary N) is 1. The average Bonchev–Trinajstić information content (AvgIpc) is 2.85. The highest BCUT2D eigenvalue weighted by atomic mass is 79.9. The summed E-state index contributed by atoms with van der Waals surface area (Å²) in [5, 5.41) is 3.69. The molecule has 3 unspecified atom stereocenters. The molecule has 1 N–H and O–H groups in total. The quantitative estimate of drug-likeness (QED) is 0.827. The minimum absolute atomic E-state index is 0.393. The third-order valence-corrected chi connectivity index (χ3v) is 5.48. The molecule has 0 radical (unpaired) electrons. The van der Waals surface area contributed by atoms with E-state index < -0.39 is 0 Å². The Bertz CT molecular complexity index is 461. The molecule has 0 bridgehead atoms. The van der Waals surface area contributed by atoms with E-state index in [2.05, 4.69) is 54.2 Å². The van der Waals surface area contributed by atoms with Gasteiger partial charge in [0.15, 0.2) is 0 Å². The maximum atomic E-state index is 5.64. The van der Waals surface area contributed by atoms with E-state index in [1.165, 1.54) is 34.9 Å². The molecule has 112 valence electrons. The van der Waals surface area contributed by atoms with Gasteiger partial charge in [0.05, 0.1) is 7.11 Å². The van der Waals surface area contributed by atoms with Crippen LogP contribution in [0.25, 0.3) is 0 Å². The maximum absolute atomic E-state index is 5.64. The summed E-state index contributed by atoms with van der Waals surface area (Å²) in [6.07, 6.45) is 4.01. The van der Waals surface area contributed by atoms with Crippen LogP contribution in [0.15, 0.2) is 16.6 Å². The Labute approximate surface area is 131 Å². The molecule has 0 saturated heterocycles. The highest BCUT2D eigenvalue weighted by Gasteiger charge is 2.33. The van der Waals surface area contributed by atoms with Crippen LogP contribution in [0.3, 0.4) is 0 Å². The first-order chi connectivity index (χ1) is 9.58. The Balaban J connectivity index is 2.40. The summed E-state index contributed by atoms with van der Waals surface area (Å²) < 4.78 is 6.81. The normalized spacial score (nSPS) is 23.9. The summed E-state index contributed by atoms with van der Waals surface area (Å²) in [6.45, 7) is 7.67. The molecule has 1 fully saturated rings. The number of methoxy groups -OCH3 is 1. The van der Waals surface area contributed by atoms with Gasteiger partial charge in [-0.05, 0) is 49.4 Å². The first kappa shape index (κ1) is 15.8. The fraction of sp³-hybridized carbons (Fsp3) is 0.647. The number of hydrogen-bond donors (Lipinski definition) is 1.